The van der Waals surface area contributed by atoms with Crippen molar-refractivity contribution >= 4 is 11.8 Å². The number of hydrogen-bond donors (Lipinski definition) is 0. The van der Waals surface area contributed by atoms with Gasteiger partial charge in [-0.3, -0.25) is 9.59 Å². The first-order valence-electron chi connectivity index (χ1n) is 5.48. The lowest BCUT2D eigenvalue weighted by Crippen LogP contribution is -2.10. The number of methoxy groups -OCH3 is 3. The van der Waals surface area contributed by atoms with Gasteiger partial charge in [-0.2, -0.15) is 0 Å². The van der Waals surface area contributed by atoms with Gasteiger partial charge in [0.1, 0.15) is 11.3 Å². The standard InChI is InChI=1S/C13H16O6/c1-7(14)11-9(16-3)6-10(17-4)12(18-5)13(11)19-8(2)15/h6H,1-5H3. The minimum Gasteiger partial charge on any atom is -0.496 e. The van der Waals surface area contributed by atoms with E-state index in [1.165, 1.54) is 41.2 Å². The molecule has 0 amide bonds. The predicted octanol–water partition coefficient (Wildman–Crippen LogP) is 1.84. The van der Waals surface area contributed by atoms with Gasteiger partial charge in [0.05, 0.1) is 21.3 Å². The van der Waals surface area contributed by atoms with Crippen molar-refractivity contribution in [2.75, 3.05) is 21.3 Å². The average molecular weight is 268 g/mol. The maximum atomic E-state index is 11.7. The van der Waals surface area contributed by atoms with Crippen LogP contribution in [0.3, 0.4) is 0 Å². The van der Waals surface area contributed by atoms with Crippen molar-refractivity contribution in [3.8, 4) is 23.0 Å². The van der Waals surface area contributed by atoms with E-state index in [1.807, 2.05) is 0 Å². The van der Waals surface area contributed by atoms with Gasteiger partial charge in [-0.1, -0.05) is 0 Å². The summed E-state index contributed by atoms with van der Waals surface area (Å²) < 4.78 is 20.5. The van der Waals surface area contributed by atoms with Gasteiger partial charge in [0.2, 0.25) is 5.75 Å². The second-order valence-electron chi connectivity index (χ2n) is 3.67. The highest BCUT2D eigenvalue weighted by Crippen LogP contribution is 2.45. The minimum absolute atomic E-state index is 0.00120. The van der Waals surface area contributed by atoms with Crippen molar-refractivity contribution in [3.63, 3.8) is 0 Å². The van der Waals surface area contributed by atoms with Crippen LogP contribution < -0.4 is 18.9 Å². The molecule has 0 saturated heterocycles. The van der Waals surface area contributed by atoms with Gasteiger partial charge in [-0.25, -0.2) is 0 Å². The van der Waals surface area contributed by atoms with Crippen LogP contribution in [0.1, 0.15) is 24.2 Å². The van der Waals surface area contributed by atoms with Crippen molar-refractivity contribution in [1.82, 2.24) is 0 Å². The minimum atomic E-state index is -0.573. The Bertz CT molecular complexity index is 506. The molecule has 104 valence electrons. The monoisotopic (exact) mass is 268 g/mol. The van der Waals surface area contributed by atoms with Crippen LogP contribution in [-0.4, -0.2) is 33.1 Å². The molecule has 1 rings (SSSR count). The molecule has 6 nitrogen and oxygen atoms in total. The summed E-state index contributed by atoms with van der Waals surface area (Å²) in [4.78, 5) is 22.9. The van der Waals surface area contributed by atoms with Crippen molar-refractivity contribution in [2.24, 2.45) is 0 Å². The first-order valence-corrected chi connectivity index (χ1v) is 5.48. The molecule has 0 saturated carbocycles. The Labute approximate surface area is 111 Å². The topological polar surface area (TPSA) is 71.1 Å². The molecule has 0 atom stereocenters. The number of esters is 1. The molecule has 0 N–H and O–H groups in total. The fraction of sp³-hybridized carbons (Fsp3) is 0.385. The summed E-state index contributed by atoms with van der Waals surface area (Å²) in [7, 11) is 4.23. The summed E-state index contributed by atoms with van der Waals surface area (Å²) in [5.41, 5.74) is 0.135. The molecule has 0 aliphatic rings. The summed E-state index contributed by atoms with van der Waals surface area (Å²) in [6, 6.07) is 1.50. The third-order valence-corrected chi connectivity index (χ3v) is 2.41. The molecule has 0 radical (unpaired) electrons. The molecule has 1 aromatic carbocycles. The van der Waals surface area contributed by atoms with Gasteiger partial charge in [0.15, 0.2) is 17.3 Å². The lowest BCUT2D eigenvalue weighted by molar-refractivity contribution is -0.132. The van der Waals surface area contributed by atoms with E-state index in [4.69, 9.17) is 18.9 Å². The molecular formula is C13H16O6. The molecule has 19 heavy (non-hydrogen) atoms. The van der Waals surface area contributed by atoms with Crippen LogP contribution in [0.5, 0.6) is 23.0 Å². The Morgan fingerprint density at radius 2 is 1.47 bits per heavy atom. The number of rotatable bonds is 5. The number of benzene rings is 1. The zero-order valence-electron chi connectivity index (χ0n) is 11.5. The normalized spacial score (nSPS) is 9.74. The van der Waals surface area contributed by atoms with Crippen LogP contribution in [0.15, 0.2) is 6.07 Å². The second kappa shape index (κ2) is 6.08. The van der Waals surface area contributed by atoms with Crippen LogP contribution in [-0.2, 0) is 4.79 Å². The first-order chi connectivity index (χ1) is 8.96. The highest BCUT2D eigenvalue weighted by molar-refractivity contribution is 6.01. The Hall–Kier alpha value is -2.24. The van der Waals surface area contributed by atoms with Crippen LogP contribution in [0.4, 0.5) is 0 Å². The van der Waals surface area contributed by atoms with Crippen molar-refractivity contribution < 1.29 is 28.5 Å². The molecule has 0 heterocycles. The summed E-state index contributed by atoms with van der Waals surface area (Å²) in [6.45, 7) is 2.58. The molecule has 0 unspecified atom stereocenters. The van der Waals surface area contributed by atoms with Gasteiger partial charge >= 0.3 is 5.97 Å². The number of carbonyl (C=O) groups excluding carboxylic acids is 2. The third-order valence-electron chi connectivity index (χ3n) is 2.41. The highest BCUT2D eigenvalue weighted by Gasteiger charge is 2.25. The van der Waals surface area contributed by atoms with Crippen molar-refractivity contribution in [2.45, 2.75) is 13.8 Å². The van der Waals surface area contributed by atoms with Crippen LogP contribution >= 0.6 is 0 Å². The summed E-state index contributed by atoms with van der Waals surface area (Å²) >= 11 is 0. The smallest absolute Gasteiger partial charge is 0.308 e. The Balaban J connectivity index is 3.65. The highest BCUT2D eigenvalue weighted by atomic mass is 16.6. The van der Waals surface area contributed by atoms with Crippen LogP contribution in [0.2, 0.25) is 0 Å². The molecule has 0 aliphatic heterocycles. The molecular weight excluding hydrogens is 252 g/mol. The van der Waals surface area contributed by atoms with Gasteiger partial charge < -0.3 is 18.9 Å². The van der Waals surface area contributed by atoms with Gasteiger partial charge in [-0.15, -0.1) is 0 Å². The summed E-state index contributed by atoms with van der Waals surface area (Å²) in [5, 5.41) is 0. The van der Waals surface area contributed by atoms with E-state index in [9.17, 15) is 9.59 Å². The molecule has 1 aromatic rings. The zero-order valence-corrected chi connectivity index (χ0v) is 11.5. The molecule has 0 spiro atoms. The van der Waals surface area contributed by atoms with Crippen molar-refractivity contribution in [3.05, 3.63) is 11.6 Å². The summed E-state index contributed by atoms with van der Waals surface area (Å²) in [6.07, 6.45) is 0. The fourth-order valence-corrected chi connectivity index (χ4v) is 1.67. The zero-order chi connectivity index (χ0) is 14.6. The summed E-state index contributed by atoms with van der Waals surface area (Å²) in [5.74, 6) is -0.158. The second-order valence-corrected chi connectivity index (χ2v) is 3.67. The van der Waals surface area contributed by atoms with E-state index in [2.05, 4.69) is 0 Å². The molecule has 0 fully saturated rings. The SMILES string of the molecule is COc1cc(OC)c(C(C)=O)c(OC(C)=O)c1OC. The molecule has 0 aliphatic carbocycles. The van der Waals surface area contributed by atoms with E-state index in [0.29, 0.717) is 5.75 Å². The van der Waals surface area contributed by atoms with Gasteiger partial charge in [0, 0.05) is 13.0 Å². The Morgan fingerprint density at radius 3 is 1.84 bits per heavy atom. The number of Topliss-reactive ketones (excluding diaryl/α,β-unsaturated/α-hetero) is 1. The first kappa shape index (κ1) is 14.8. The van der Waals surface area contributed by atoms with E-state index in [1.54, 1.807) is 0 Å². The van der Waals surface area contributed by atoms with Crippen molar-refractivity contribution in [1.29, 1.82) is 0 Å². The third kappa shape index (κ3) is 2.96. The van der Waals surface area contributed by atoms with E-state index in [-0.39, 0.29) is 28.6 Å². The lowest BCUT2D eigenvalue weighted by atomic mass is 10.1. The maximum absolute atomic E-state index is 11.7. The lowest BCUT2D eigenvalue weighted by Gasteiger charge is -2.17. The Kier molecular flexibility index (Phi) is 4.74. The van der Waals surface area contributed by atoms with Gasteiger partial charge in [0.25, 0.3) is 0 Å². The molecule has 6 heteroatoms. The fourth-order valence-electron chi connectivity index (χ4n) is 1.67. The number of ether oxygens (including phenoxy) is 4. The average Bonchev–Trinajstić information content (AvgIpc) is 2.35. The maximum Gasteiger partial charge on any atom is 0.308 e. The van der Waals surface area contributed by atoms with E-state index >= 15 is 0 Å². The van der Waals surface area contributed by atoms with Crippen LogP contribution in [0.25, 0.3) is 0 Å². The number of ketones is 1. The predicted molar refractivity (Wildman–Crippen MR) is 67.4 cm³/mol. The van der Waals surface area contributed by atoms with E-state index in [0.717, 1.165) is 0 Å². The quantitative estimate of drug-likeness (QED) is 0.461. The molecule has 0 bridgehead atoms. The largest absolute Gasteiger partial charge is 0.496 e. The molecule has 0 aromatic heterocycles. The number of carbonyl (C=O) groups is 2. The van der Waals surface area contributed by atoms with Crippen LogP contribution in [0, 0.1) is 0 Å². The van der Waals surface area contributed by atoms with E-state index < -0.39 is 5.97 Å². The number of hydrogen-bond acceptors (Lipinski definition) is 6. The Morgan fingerprint density at radius 1 is 0.895 bits per heavy atom. The van der Waals surface area contributed by atoms with Gasteiger partial charge in [-0.05, 0) is 6.92 Å².